The van der Waals surface area contributed by atoms with Gasteiger partial charge in [-0.3, -0.25) is 14.9 Å². The minimum atomic E-state index is -1.55. The fourth-order valence-electron chi connectivity index (χ4n) is 20.5. The lowest BCUT2D eigenvalue weighted by Crippen LogP contribution is -2.81. The van der Waals surface area contributed by atoms with E-state index in [4.69, 9.17) is 23.4 Å². The molecule has 5 saturated heterocycles. The second-order valence-electron chi connectivity index (χ2n) is 26.1. The zero-order valence-electron chi connectivity index (χ0n) is 42.8. The van der Waals surface area contributed by atoms with E-state index >= 15 is 9.59 Å². The van der Waals surface area contributed by atoms with Gasteiger partial charge in [0.2, 0.25) is 0 Å². The van der Waals surface area contributed by atoms with Crippen molar-refractivity contribution in [3.8, 4) is 11.8 Å². The third kappa shape index (κ3) is 5.95. The van der Waals surface area contributed by atoms with Crippen LogP contribution in [-0.2, 0) is 51.8 Å². The van der Waals surface area contributed by atoms with Crippen molar-refractivity contribution in [3.63, 3.8) is 0 Å². The van der Waals surface area contributed by atoms with Gasteiger partial charge in [0, 0.05) is 46.7 Å². The van der Waals surface area contributed by atoms with E-state index in [9.17, 15) is 20.1 Å². The van der Waals surface area contributed by atoms with E-state index in [1.165, 1.54) is 5.56 Å². The van der Waals surface area contributed by atoms with Crippen molar-refractivity contribution in [2.75, 3.05) is 26.4 Å². The predicted molar refractivity (Wildman–Crippen MR) is 264 cm³/mol. The molecule has 2 aromatic rings. The van der Waals surface area contributed by atoms with Gasteiger partial charge in [-0.1, -0.05) is 68.0 Å². The molecule has 6 aliphatic heterocycles. The van der Waals surface area contributed by atoms with Crippen molar-refractivity contribution in [3.05, 3.63) is 71.8 Å². The Hall–Kier alpha value is -4.03. The number of epoxide rings is 1. The standard InChI is InChI=1S/C60H74N2O11/c1-54(2)48-47(65)49(66)59-42-27-35(26-34-10-5-4-6-11-34)13-14-36(42)12-9-22-58(41-19-25-69-45(41)29-40(44(64)31-63)37-15-16-39-38(28-37)18-24-62-33-61-30-43(39)62)55(3,60(59)50(71-60)51(67)72-58)23-17-46(59)57(48)32-70-53(68)56(52(57)73-54)20-7-8-21-56/h4-6,10-11,18-19,24-25,35-40,42-44,46,48-50,52,61,63-64,66H,7-8,13-17,20-23,26-33H2,1-3H3. The first-order chi connectivity index (χ1) is 35.2. The third-order valence-corrected chi connectivity index (χ3v) is 23.2. The summed E-state index contributed by atoms with van der Waals surface area (Å²) >= 11 is 0. The second-order valence-corrected chi connectivity index (χ2v) is 26.1. The second kappa shape index (κ2) is 16.2. The molecule has 13 heteroatoms. The molecule has 5 saturated carbocycles. The SMILES string of the molecule is CC1(C)OC2C3(CCCC3)C(=O)OCC23C1C(=O)C(O)C12C4CC(Cc5ccccc5)CCC4C#CCC4(c5ccoc5CC(C(O)CO)C5CCC6C(C=CN7CNCC67)C5)OC(=O)C5OC51C4(C)CCC32. The monoisotopic (exact) mass is 999 g/mol. The molecule has 6 aliphatic carbocycles. The van der Waals surface area contributed by atoms with Gasteiger partial charge in [0.15, 0.2) is 17.5 Å². The number of furan rings is 1. The van der Waals surface area contributed by atoms with E-state index < -0.39 is 87.3 Å². The van der Waals surface area contributed by atoms with Gasteiger partial charge in [-0.15, -0.1) is 0 Å². The van der Waals surface area contributed by atoms with Gasteiger partial charge in [0.05, 0.1) is 55.1 Å². The minimum absolute atomic E-state index is 0.00437. The highest BCUT2D eigenvalue weighted by molar-refractivity contribution is 5.93. The van der Waals surface area contributed by atoms with Crippen molar-refractivity contribution < 1.29 is 53.1 Å². The molecule has 10 fully saturated rings. The molecule has 4 bridgehead atoms. The number of ketones is 1. The molecule has 0 amide bonds. The Kier molecular flexibility index (Phi) is 10.6. The molecule has 7 heterocycles. The smallest absolute Gasteiger partial charge is 0.339 e. The van der Waals surface area contributed by atoms with Crippen LogP contribution in [-0.4, -0.2) is 106 Å². The van der Waals surface area contributed by atoms with Crippen LogP contribution in [0.3, 0.4) is 0 Å². The number of nitrogens with one attached hydrogen (secondary N) is 1. The van der Waals surface area contributed by atoms with Crippen LogP contribution in [0.2, 0.25) is 0 Å². The van der Waals surface area contributed by atoms with Gasteiger partial charge in [-0.25, -0.2) is 4.79 Å². The first kappa shape index (κ1) is 47.4. The molecular formula is C60H74N2O11. The molecule has 19 atom stereocenters. The van der Waals surface area contributed by atoms with Gasteiger partial charge >= 0.3 is 11.9 Å². The van der Waals surface area contributed by atoms with Crippen molar-refractivity contribution in [2.24, 2.45) is 74.9 Å². The number of benzene rings is 1. The van der Waals surface area contributed by atoms with Crippen LogP contribution < -0.4 is 5.32 Å². The van der Waals surface area contributed by atoms with Crippen LogP contribution in [0.15, 0.2) is 59.4 Å². The maximum Gasteiger partial charge on any atom is 0.339 e. The molecule has 4 spiro atoms. The van der Waals surface area contributed by atoms with Gasteiger partial charge in [-0.2, -0.15) is 0 Å². The Labute approximate surface area is 428 Å². The Morgan fingerprint density at radius 2 is 1.78 bits per heavy atom. The Balaban J connectivity index is 0.929. The number of rotatable bonds is 8. The number of nitrogens with zero attached hydrogens (tertiary/aromatic N) is 1. The summed E-state index contributed by atoms with van der Waals surface area (Å²) < 4.78 is 34.9. The van der Waals surface area contributed by atoms with E-state index in [-0.39, 0.29) is 54.4 Å². The fourth-order valence-corrected chi connectivity index (χ4v) is 20.5. The van der Waals surface area contributed by atoms with Crippen molar-refractivity contribution in [1.82, 2.24) is 10.2 Å². The number of esters is 2. The number of aliphatic hydroxyl groups excluding tert-OH is 3. The molecular weight excluding hydrogens is 925 g/mol. The van der Waals surface area contributed by atoms with Crippen LogP contribution in [0.1, 0.15) is 121 Å². The summed E-state index contributed by atoms with van der Waals surface area (Å²) in [6.45, 7) is 7.53. The topological polar surface area (TPSA) is 181 Å². The van der Waals surface area contributed by atoms with Crippen molar-refractivity contribution in [1.29, 1.82) is 0 Å². The fraction of sp³-hybridized carbons (Fsp3) is 0.717. The highest BCUT2D eigenvalue weighted by Gasteiger charge is 2.95. The Morgan fingerprint density at radius 3 is 2.59 bits per heavy atom. The largest absolute Gasteiger partial charge is 0.469 e. The quantitative estimate of drug-likeness (QED) is 0.130. The lowest BCUT2D eigenvalue weighted by atomic mass is 9.30. The highest BCUT2D eigenvalue weighted by atomic mass is 16.7. The summed E-state index contributed by atoms with van der Waals surface area (Å²) in [4.78, 5) is 48.6. The van der Waals surface area contributed by atoms with E-state index in [0.717, 1.165) is 64.6 Å². The lowest BCUT2D eigenvalue weighted by Gasteiger charge is -2.72. The summed E-state index contributed by atoms with van der Waals surface area (Å²) in [7, 11) is 0. The minimum Gasteiger partial charge on any atom is -0.469 e. The summed E-state index contributed by atoms with van der Waals surface area (Å²) in [5, 5.41) is 40.1. The van der Waals surface area contributed by atoms with Crippen LogP contribution >= 0.6 is 0 Å². The molecule has 390 valence electrons. The average Bonchev–Trinajstić information content (AvgIpc) is 3.86. The number of allylic oxidation sites excluding steroid dienone is 1. The number of aliphatic hydroxyl groups is 3. The van der Waals surface area contributed by atoms with Crippen LogP contribution in [0.4, 0.5) is 0 Å². The van der Waals surface area contributed by atoms with E-state index in [1.54, 1.807) is 6.26 Å². The molecule has 0 radical (unpaired) electrons. The van der Waals surface area contributed by atoms with E-state index in [2.05, 4.69) is 65.5 Å². The molecule has 1 aromatic carbocycles. The molecule has 1 aromatic heterocycles. The molecule has 19 unspecified atom stereocenters. The number of ether oxygens (including phenoxy) is 4. The lowest BCUT2D eigenvalue weighted by molar-refractivity contribution is -0.301. The zero-order chi connectivity index (χ0) is 50.1. The average molecular weight is 999 g/mol. The molecule has 14 rings (SSSR count). The number of hydrogen-bond acceptors (Lipinski definition) is 13. The van der Waals surface area contributed by atoms with Crippen LogP contribution in [0, 0.1) is 86.8 Å². The van der Waals surface area contributed by atoms with Gasteiger partial charge in [0.25, 0.3) is 0 Å². The maximum absolute atomic E-state index is 16.3. The molecule has 73 heavy (non-hydrogen) atoms. The Bertz CT molecular complexity index is 2690. The molecule has 12 aliphatic rings. The number of fused-ring (bicyclic) bond motifs is 5. The number of carbonyl (C=O) groups is 3. The first-order valence-corrected chi connectivity index (χ1v) is 28.2. The van der Waals surface area contributed by atoms with Crippen LogP contribution in [0.25, 0.3) is 0 Å². The van der Waals surface area contributed by atoms with Gasteiger partial charge in [0.1, 0.15) is 24.1 Å². The van der Waals surface area contributed by atoms with Crippen molar-refractivity contribution in [2.45, 2.75) is 164 Å². The predicted octanol–water partition coefficient (Wildman–Crippen LogP) is 6.40. The summed E-state index contributed by atoms with van der Waals surface area (Å²) in [5.41, 5.74) is -6.36. The third-order valence-electron chi connectivity index (χ3n) is 23.2. The number of Topliss-reactive ketones (excluding diaryl/α,β-unsaturated/α-hetero) is 1. The summed E-state index contributed by atoms with van der Waals surface area (Å²) in [5.74, 6) is 5.94. The molecule has 13 nitrogen and oxygen atoms in total. The van der Waals surface area contributed by atoms with Gasteiger partial charge < -0.3 is 43.6 Å². The van der Waals surface area contributed by atoms with Crippen molar-refractivity contribution >= 4 is 17.7 Å². The Morgan fingerprint density at radius 1 is 0.959 bits per heavy atom. The first-order valence-electron chi connectivity index (χ1n) is 28.2. The van der Waals surface area contributed by atoms with E-state index in [0.29, 0.717) is 67.7 Å². The maximum atomic E-state index is 16.3. The summed E-state index contributed by atoms with van der Waals surface area (Å²) in [6, 6.07) is 12.9. The number of carbonyl (C=O) groups excluding carboxylic acids is 3. The van der Waals surface area contributed by atoms with Crippen LogP contribution in [0.5, 0.6) is 0 Å². The number of cyclic esters (lactones) is 1. The normalized spacial score (nSPS) is 46.8. The zero-order valence-corrected chi connectivity index (χ0v) is 42.8. The molecule has 4 N–H and O–H groups in total. The number of hydrogen-bond donors (Lipinski definition) is 4. The van der Waals surface area contributed by atoms with E-state index in [1.807, 2.05) is 26.0 Å². The summed E-state index contributed by atoms with van der Waals surface area (Å²) in [6.07, 6.45) is 12.3. The highest BCUT2D eigenvalue weighted by Crippen LogP contribution is 2.85. The van der Waals surface area contributed by atoms with Gasteiger partial charge in [-0.05, 0) is 144 Å².